The van der Waals surface area contributed by atoms with Crippen molar-refractivity contribution in [3.63, 3.8) is 0 Å². The van der Waals surface area contributed by atoms with Gasteiger partial charge in [-0.3, -0.25) is 4.79 Å². The molecule has 0 radical (unpaired) electrons. The molecule has 0 spiro atoms. The first-order chi connectivity index (χ1) is 11.6. The molecule has 122 valence electrons. The number of halogens is 1. The van der Waals surface area contributed by atoms with E-state index in [-0.39, 0.29) is 0 Å². The van der Waals surface area contributed by atoms with Crippen molar-refractivity contribution in [2.45, 2.75) is 0 Å². The quantitative estimate of drug-likeness (QED) is 0.515. The molecule has 0 aliphatic heterocycles. The Morgan fingerprint density at radius 3 is 2.96 bits per heavy atom. The van der Waals surface area contributed by atoms with Crippen LogP contribution in [0.3, 0.4) is 0 Å². The topological polar surface area (TPSA) is 94.3 Å². The van der Waals surface area contributed by atoms with Gasteiger partial charge in [0.05, 0.1) is 17.4 Å². The second-order valence-electron chi connectivity index (χ2n) is 4.57. The lowest BCUT2D eigenvalue weighted by Crippen LogP contribution is -2.20. The van der Waals surface area contributed by atoms with Gasteiger partial charge < -0.3 is 14.5 Å². The lowest BCUT2D eigenvalue weighted by Gasteiger charge is -2.05. The smallest absolute Gasteiger partial charge is 0.331 e. The molecular formula is C15H10BrN3O4S. The summed E-state index contributed by atoms with van der Waals surface area (Å²) in [6.07, 6.45) is 2.64. The lowest BCUT2D eigenvalue weighted by molar-refractivity contribution is -0.142. The number of fused-ring (bicyclic) bond motifs is 1. The van der Waals surface area contributed by atoms with Crippen molar-refractivity contribution in [2.24, 2.45) is 0 Å². The van der Waals surface area contributed by atoms with E-state index in [0.29, 0.717) is 27.2 Å². The summed E-state index contributed by atoms with van der Waals surface area (Å²) in [7, 11) is 0. The van der Waals surface area contributed by atoms with Gasteiger partial charge in [0.2, 0.25) is 0 Å². The van der Waals surface area contributed by atoms with Crippen LogP contribution in [0, 0.1) is 0 Å². The van der Waals surface area contributed by atoms with E-state index in [1.165, 1.54) is 12.2 Å². The summed E-state index contributed by atoms with van der Waals surface area (Å²) in [5.41, 5.74) is 1.83. The molecule has 2 heterocycles. The lowest BCUT2D eigenvalue weighted by atomic mass is 10.2. The zero-order chi connectivity index (χ0) is 16.9. The second-order valence-corrected chi connectivity index (χ2v) is 5.88. The normalized spacial score (nSPS) is 11.0. The molecule has 0 aliphatic carbocycles. The van der Waals surface area contributed by atoms with Crippen LogP contribution in [0.1, 0.15) is 5.76 Å². The summed E-state index contributed by atoms with van der Waals surface area (Å²) < 4.78 is 18.8. The molecule has 0 atom stereocenters. The van der Waals surface area contributed by atoms with Crippen LogP contribution in [0.4, 0.5) is 5.69 Å². The number of hydrogen-bond donors (Lipinski definition) is 1. The van der Waals surface area contributed by atoms with Crippen LogP contribution >= 0.6 is 27.7 Å². The molecule has 1 aromatic carbocycles. The Morgan fingerprint density at radius 1 is 1.29 bits per heavy atom. The number of carbonyl (C=O) groups is 2. The van der Waals surface area contributed by atoms with E-state index in [4.69, 9.17) is 9.15 Å². The number of benzene rings is 1. The molecule has 0 saturated carbocycles. The van der Waals surface area contributed by atoms with Gasteiger partial charge in [0, 0.05) is 6.08 Å². The molecular weight excluding hydrogens is 398 g/mol. The molecule has 3 aromatic rings. The molecule has 2 aromatic heterocycles. The number of anilines is 1. The van der Waals surface area contributed by atoms with E-state index in [0.717, 1.165) is 11.7 Å². The zero-order valence-electron chi connectivity index (χ0n) is 12.1. The van der Waals surface area contributed by atoms with Crippen LogP contribution in [-0.4, -0.2) is 27.2 Å². The van der Waals surface area contributed by atoms with E-state index in [1.807, 2.05) is 0 Å². The summed E-state index contributed by atoms with van der Waals surface area (Å²) in [4.78, 5) is 23.5. The maximum atomic E-state index is 11.9. The van der Waals surface area contributed by atoms with Crippen LogP contribution in [0.15, 0.2) is 45.5 Å². The van der Waals surface area contributed by atoms with Gasteiger partial charge in [-0.15, -0.1) is 0 Å². The SMILES string of the molecule is O=C(COC(=O)C=Cc1ccc(Br)o1)Nc1cccc2nsnc12. The molecule has 1 amide bonds. The fraction of sp³-hybridized carbons (Fsp3) is 0.0667. The van der Waals surface area contributed by atoms with E-state index in [1.54, 1.807) is 30.3 Å². The number of rotatable bonds is 5. The number of esters is 1. The largest absolute Gasteiger partial charge is 0.452 e. The average Bonchev–Trinajstić information content (AvgIpc) is 3.20. The Labute approximate surface area is 148 Å². The highest BCUT2D eigenvalue weighted by atomic mass is 79.9. The molecule has 0 aliphatic rings. The molecule has 1 N–H and O–H groups in total. The number of nitrogens with zero attached hydrogens (tertiary/aromatic N) is 2. The van der Waals surface area contributed by atoms with E-state index in [9.17, 15) is 9.59 Å². The minimum absolute atomic E-state index is 0.404. The predicted octanol–water partition coefficient (Wildman–Crippen LogP) is 3.24. The predicted molar refractivity (Wildman–Crippen MR) is 92.4 cm³/mol. The number of amides is 1. The summed E-state index contributed by atoms with van der Waals surface area (Å²) in [5, 5.41) is 2.64. The van der Waals surface area contributed by atoms with Gasteiger partial charge in [-0.2, -0.15) is 8.75 Å². The maximum absolute atomic E-state index is 11.9. The number of aromatic nitrogens is 2. The molecule has 0 unspecified atom stereocenters. The Kier molecular flexibility index (Phi) is 5.02. The Morgan fingerprint density at radius 2 is 2.17 bits per heavy atom. The molecule has 0 bridgehead atoms. The number of ether oxygens (including phenoxy) is 1. The minimum Gasteiger partial charge on any atom is -0.452 e. The summed E-state index contributed by atoms with van der Waals surface area (Å²) >= 11 is 4.22. The minimum atomic E-state index is -0.647. The highest BCUT2D eigenvalue weighted by molar-refractivity contribution is 9.10. The third-order valence-electron chi connectivity index (χ3n) is 2.88. The zero-order valence-corrected chi connectivity index (χ0v) is 14.5. The standard InChI is InChI=1S/C15H10BrN3O4S/c16-12-6-4-9(23-12)5-7-14(21)22-8-13(20)17-10-2-1-3-11-15(10)19-24-18-11/h1-7H,8H2,(H,17,20). The third kappa shape index (κ3) is 4.06. The van der Waals surface area contributed by atoms with Crippen molar-refractivity contribution < 1.29 is 18.7 Å². The average molecular weight is 408 g/mol. The fourth-order valence-corrected chi connectivity index (χ4v) is 2.71. The first-order valence-electron chi connectivity index (χ1n) is 6.73. The van der Waals surface area contributed by atoms with E-state index >= 15 is 0 Å². The summed E-state index contributed by atoms with van der Waals surface area (Å²) in [6, 6.07) is 8.65. The van der Waals surface area contributed by atoms with Crippen molar-refractivity contribution in [3.05, 3.63) is 46.8 Å². The van der Waals surface area contributed by atoms with Crippen LogP contribution in [0.5, 0.6) is 0 Å². The summed E-state index contributed by atoms with van der Waals surface area (Å²) in [6.45, 7) is -0.404. The summed E-state index contributed by atoms with van der Waals surface area (Å²) in [5.74, 6) is -0.616. The Balaban J connectivity index is 1.53. The van der Waals surface area contributed by atoms with Gasteiger partial charge in [-0.25, -0.2) is 4.79 Å². The van der Waals surface area contributed by atoms with Crippen molar-refractivity contribution in [3.8, 4) is 0 Å². The van der Waals surface area contributed by atoms with Gasteiger partial charge in [-0.05, 0) is 46.3 Å². The van der Waals surface area contributed by atoms with E-state index < -0.39 is 18.5 Å². The van der Waals surface area contributed by atoms with Gasteiger partial charge in [-0.1, -0.05) is 6.07 Å². The van der Waals surface area contributed by atoms with Crippen molar-refractivity contribution in [1.82, 2.24) is 8.75 Å². The first-order valence-corrected chi connectivity index (χ1v) is 8.25. The van der Waals surface area contributed by atoms with Gasteiger partial charge in [0.25, 0.3) is 5.91 Å². The molecule has 9 heteroatoms. The molecule has 0 fully saturated rings. The molecule has 0 saturated heterocycles. The highest BCUT2D eigenvalue weighted by Gasteiger charge is 2.10. The fourth-order valence-electron chi connectivity index (χ4n) is 1.85. The monoisotopic (exact) mass is 407 g/mol. The molecule has 7 nitrogen and oxygen atoms in total. The van der Waals surface area contributed by atoms with Crippen LogP contribution in [0.25, 0.3) is 17.1 Å². The molecule has 24 heavy (non-hydrogen) atoms. The van der Waals surface area contributed by atoms with Crippen molar-refractivity contribution in [1.29, 1.82) is 0 Å². The number of carbonyl (C=O) groups excluding carboxylic acids is 2. The maximum Gasteiger partial charge on any atom is 0.331 e. The van der Waals surface area contributed by atoms with Crippen LogP contribution in [-0.2, 0) is 14.3 Å². The Hall–Kier alpha value is -2.52. The number of furan rings is 1. The third-order valence-corrected chi connectivity index (χ3v) is 3.85. The molecule has 3 rings (SSSR count). The van der Waals surface area contributed by atoms with Crippen molar-refractivity contribution in [2.75, 3.05) is 11.9 Å². The van der Waals surface area contributed by atoms with Crippen molar-refractivity contribution >= 4 is 62.3 Å². The Bertz CT molecular complexity index is 918. The number of hydrogen-bond acceptors (Lipinski definition) is 7. The van der Waals surface area contributed by atoms with Gasteiger partial charge in [0.1, 0.15) is 16.8 Å². The number of nitrogens with one attached hydrogen (secondary N) is 1. The van der Waals surface area contributed by atoms with Gasteiger partial charge in [0.15, 0.2) is 11.3 Å². The highest BCUT2D eigenvalue weighted by Crippen LogP contribution is 2.21. The van der Waals surface area contributed by atoms with Gasteiger partial charge >= 0.3 is 5.97 Å². The van der Waals surface area contributed by atoms with E-state index in [2.05, 4.69) is 30.0 Å². The first kappa shape index (κ1) is 16.3. The second kappa shape index (κ2) is 7.37. The van der Waals surface area contributed by atoms with Crippen LogP contribution in [0.2, 0.25) is 0 Å². The van der Waals surface area contributed by atoms with Crippen LogP contribution < -0.4 is 5.32 Å².